The third-order valence-electron chi connectivity index (χ3n) is 5.02. The van der Waals surface area contributed by atoms with Crippen LogP contribution in [0.5, 0.6) is 5.75 Å². The maximum absolute atomic E-state index is 12.8. The van der Waals surface area contributed by atoms with Crippen LogP contribution in [0.3, 0.4) is 0 Å². The fourth-order valence-corrected chi connectivity index (χ4v) is 3.47. The van der Waals surface area contributed by atoms with E-state index in [1.54, 1.807) is 0 Å². The van der Waals surface area contributed by atoms with Crippen molar-refractivity contribution in [3.63, 3.8) is 0 Å². The number of rotatable bonds is 6. The molecule has 0 atom stereocenters. The Kier molecular flexibility index (Phi) is 5.70. The molecule has 0 bridgehead atoms. The van der Waals surface area contributed by atoms with Crippen LogP contribution in [0.2, 0.25) is 0 Å². The Morgan fingerprint density at radius 1 is 0.900 bits per heavy atom. The van der Waals surface area contributed by atoms with E-state index in [0.29, 0.717) is 12.3 Å². The third kappa shape index (κ3) is 4.15. The number of hydrogen-bond donors (Lipinski definition) is 3. The summed E-state index contributed by atoms with van der Waals surface area (Å²) in [6.07, 6.45) is 0.989. The van der Waals surface area contributed by atoms with Gasteiger partial charge in [-0.05, 0) is 49.2 Å². The largest absolute Gasteiger partial charge is 0.494 e. The monoisotopic (exact) mass is 399 g/mol. The Hall–Kier alpha value is -3.73. The van der Waals surface area contributed by atoms with Crippen LogP contribution in [0.15, 0.2) is 72.8 Å². The van der Waals surface area contributed by atoms with Crippen molar-refractivity contribution in [2.45, 2.75) is 20.3 Å². The molecule has 0 aliphatic carbocycles. The molecule has 0 fully saturated rings. The standard InChI is InChI=1S/C25H25N3O2/c1-3-17-9-11-18(12-10-17)23-24(21-7-5-6-8-22(21)27-23)28-25(29)26-19-13-15-20(16-14-19)30-4-2/h5-16,27H,3-4H2,1-2H3,(H2,26,28,29). The number of anilines is 2. The van der Waals surface area contributed by atoms with E-state index in [2.05, 4.69) is 46.8 Å². The number of para-hydroxylation sites is 1. The number of carbonyl (C=O) groups excluding carboxylic acids is 1. The van der Waals surface area contributed by atoms with Crippen LogP contribution < -0.4 is 15.4 Å². The molecular formula is C25H25N3O2. The summed E-state index contributed by atoms with van der Waals surface area (Å²) in [6.45, 7) is 4.68. The molecule has 5 nitrogen and oxygen atoms in total. The average Bonchev–Trinajstić information content (AvgIpc) is 3.14. The second kappa shape index (κ2) is 8.74. The molecule has 0 radical (unpaired) electrons. The van der Waals surface area contributed by atoms with Crippen LogP contribution in [0.1, 0.15) is 19.4 Å². The number of benzene rings is 3. The number of aromatic nitrogens is 1. The van der Waals surface area contributed by atoms with Gasteiger partial charge in [0.25, 0.3) is 0 Å². The minimum atomic E-state index is -0.296. The second-order valence-corrected chi connectivity index (χ2v) is 7.01. The van der Waals surface area contributed by atoms with Crippen LogP contribution in [0.4, 0.5) is 16.2 Å². The van der Waals surface area contributed by atoms with Crippen LogP contribution in [-0.2, 0) is 6.42 Å². The highest BCUT2D eigenvalue weighted by molar-refractivity contribution is 6.10. The smallest absolute Gasteiger partial charge is 0.323 e. The maximum atomic E-state index is 12.8. The van der Waals surface area contributed by atoms with E-state index < -0.39 is 0 Å². The predicted molar refractivity (Wildman–Crippen MR) is 123 cm³/mol. The molecule has 152 valence electrons. The van der Waals surface area contributed by atoms with Crippen molar-refractivity contribution >= 4 is 28.3 Å². The summed E-state index contributed by atoms with van der Waals surface area (Å²) < 4.78 is 5.45. The van der Waals surface area contributed by atoms with Crippen LogP contribution in [0, 0.1) is 0 Å². The Morgan fingerprint density at radius 2 is 1.63 bits per heavy atom. The third-order valence-corrected chi connectivity index (χ3v) is 5.02. The van der Waals surface area contributed by atoms with Gasteiger partial charge in [-0.3, -0.25) is 0 Å². The first-order valence-electron chi connectivity index (χ1n) is 10.2. The van der Waals surface area contributed by atoms with Crippen molar-refractivity contribution < 1.29 is 9.53 Å². The molecule has 1 heterocycles. The number of fused-ring (bicyclic) bond motifs is 1. The first-order chi connectivity index (χ1) is 14.7. The first-order valence-corrected chi connectivity index (χ1v) is 10.2. The van der Waals surface area contributed by atoms with Gasteiger partial charge in [0, 0.05) is 22.2 Å². The van der Waals surface area contributed by atoms with Gasteiger partial charge in [0.2, 0.25) is 0 Å². The highest BCUT2D eigenvalue weighted by Gasteiger charge is 2.15. The van der Waals surface area contributed by atoms with Crippen molar-refractivity contribution in [3.8, 4) is 17.0 Å². The summed E-state index contributed by atoms with van der Waals surface area (Å²) in [7, 11) is 0. The highest BCUT2D eigenvalue weighted by Crippen LogP contribution is 2.35. The fraction of sp³-hybridized carbons (Fsp3) is 0.160. The zero-order chi connectivity index (χ0) is 20.9. The summed E-state index contributed by atoms with van der Waals surface area (Å²) in [5, 5.41) is 6.89. The number of aryl methyl sites for hydroxylation is 1. The molecule has 0 aliphatic rings. The quantitative estimate of drug-likeness (QED) is 0.349. The molecular weight excluding hydrogens is 374 g/mol. The average molecular weight is 399 g/mol. The lowest BCUT2D eigenvalue weighted by Crippen LogP contribution is -2.19. The molecule has 30 heavy (non-hydrogen) atoms. The number of H-pyrrole nitrogens is 1. The van der Waals surface area contributed by atoms with Crippen LogP contribution in [-0.4, -0.2) is 17.6 Å². The van der Waals surface area contributed by atoms with Gasteiger partial charge < -0.3 is 20.4 Å². The number of aromatic amines is 1. The van der Waals surface area contributed by atoms with Gasteiger partial charge in [-0.1, -0.05) is 49.4 Å². The summed E-state index contributed by atoms with van der Waals surface area (Å²) in [5.41, 5.74) is 5.63. The van der Waals surface area contributed by atoms with Crippen LogP contribution in [0.25, 0.3) is 22.2 Å². The molecule has 4 aromatic rings. The Bertz CT molecular complexity index is 1150. The van der Waals surface area contributed by atoms with E-state index in [1.807, 2.05) is 55.5 Å². The molecule has 3 N–H and O–H groups in total. The molecule has 0 saturated carbocycles. The number of nitrogens with one attached hydrogen (secondary N) is 3. The van der Waals surface area contributed by atoms with E-state index in [4.69, 9.17) is 4.74 Å². The molecule has 5 heteroatoms. The zero-order valence-electron chi connectivity index (χ0n) is 17.2. The number of amides is 2. The molecule has 2 amide bonds. The van der Waals surface area contributed by atoms with E-state index in [-0.39, 0.29) is 6.03 Å². The van der Waals surface area contributed by atoms with Gasteiger partial charge in [0.15, 0.2) is 0 Å². The van der Waals surface area contributed by atoms with E-state index in [9.17, 15) is 4.79 Å². The highest BCUT2D eigenvalue weighted by atomic mass is 16.5. The van der Waals surface area contributed by atoms with Gasteiger partial charge in [0.05, 0.1) is 18.0 Å². The van der Waals surface area contributed by atoms with E-state index in [1.165, 1.54) is 5.56 Å². The number of carbonyl (C=O) groups is 1. The lowest BCUT2D eigenvalue weighted by atomic mass is 10.1. The molecule has 1 aromatic heterocycles. The normalized spacial score (nSPS) is 10.7. The van der Waals surface area contributed by atoms with Gasteiger partial charge in [-0.2, -0.15) is 0 Å². The summed E-state index contributed by atoms with van der Waals surface area (Å²) in [5.74, 6) is 0.776. The van der Waals surface area contributed by atoms with Gasteiger partial charge in [0.1, 0.15) is 5.75 Å². The van der Waals surface area contributed by atoms with Gasteiger partial charge in [-0.15, -0.1) is 0 Å². The number of ether oxygens (including phenoxy) is 1. The lowest BCUT2D eigenvalue weighted by Gasteiger charge is -2.10. The molecule has 0 unspecified atom stereocenters. The van der Waals surface area contributed by atoms with Gasteiger partial charge >= 0.3 is 6.03 Å². The molecule has 4 rings (SSSR count). The lowest BCUT2D eigenvalue weighted by molar-refractivity contribution is 0.262. The fourth-order valence-electron chi connectivity index (χ4n) is 3.47. The van der Waals surface area contributed by atoms with Crippen molar-refractivity contribution in [1.82, 2.24) is 4.98 Å². The molecule has 0 aliphatic heterocycles. The SMILES string of the molecule is CCOc1ccc(NC(=O)Nc2c(-c3ccc(CC)cc3)[nH]c3ccccc23)cc1. The van der Waals surface area contributed by atoms with Crippen molar-refractivity contribution in [2.75, 3.05) is 17.2 Å². The zero-order valence-corrected chi connectivity index (χ0v) is 17.2. The Balaban J connectivity index is 1.61. The Morgan fingerprint density at radius 3 is 2.33 bits per heavy atom. The summed E-state index contributed by atoms with van der Waals surface area (Å²) >= 11 is 0. The van der Waals surface area contributed by atoms with Crippen molar-refractivity contribution in [2.24, 2.45) is 0 Å². The van der Waals surface area contributed by atoms with Crippen molar-refractivity contribution in [3.05, 3.63) is 78.4 Å². The summed E-state index contributed by atoms with van der Waals surface area (Å²) in [4.78, 5) is 16.2. The number of urea groups is 1. The maximum Gasteiger partial charge on any atom is 0.323 e. The predicted octanol–water partition coefficient (Wildman–Crippen LogP) is 6.44. The molecule has 0 spiro atoms. The van der Waals surface area contributed by atoms with E-state index in [0.717, 1.165) is 40.0 Å². The number of hydrogen-bond acceptors (Lipinski definition) is 2. The van der Waals surface area contributed by atoms with Gasteiger partial charge in [-0.25, -0.2) is 4.79 Å². The topological polar surface area (TPSA) is 66.2 Å². The Labute approximate surface area is 176 Å². The van der Waals surface area contributed by atoms with Crippen molar-refractivity contribution in [1.29, 1.82) is 0 Å². The molecule has 0 saturated heterocycles. The second-order valence-electron chi connectivity index (χ2n) is 7.01. The first kappa shape index (κ1) is 19.6. The minimum Gasteiger partial charge on any atom is -0.494 e. The van der Waals surface area contributed by atoms with E-state index >= 15 is 0 Å². The molecule has 3 aromatic carbocycles. The minimum absolute atomic E-state index is 0.296. The van der Waals surface area contributed by atoms with Crippen LogP contribution >= 0.6 is 0 Å². The summed E-state index contributed by atoms with van der Waals surface area (Å²) in [6, 6.07) is 23.4.